The second-order valence-corrected chi connectivity index (χ2v) is 8.09. The van der Waals surface area contributed by atoms with Crippen molar-refractivity contribution in [3.63, 3.8) is 0 Å². The van der Waals surface area contributed by atoms with E-state index in [1.165, 1.54) is 89.9 Å². The molecule has 7 heteroatoms. The SMILES string of the molecule is CCCCCCCCCCOC(N)=S.CCCCCCCCCCOC(N)=S.[H-].[Na+]. The third-order valence-electron chi connectivity index (χ3n) is 4.48. The molecule has 0 aromatic carbocycles. The Morgan fingerprint density at radius 2 is 0.793 bits per heavy atom. The molecule has 4 N–H and O–H groups in total. The summed E-state index contributed by atoms with van der Waals surface area (Å²) < 4.78 is 9.99. The van der Waals surface area contributed by atoms with Crippen LogP contribution in [0.5, 0.6) is 0 Å². The summed E-state index contributed by atoms with van der Waals surface area (Å²) in [5.74, 6) is 0. The number of nitrogens with two attached hydrogens (primary N) is 2. The molecule has 29 heavy (non-hydrogen) atoms. The summed E-state index contributed by atoms with van der Waals surface area (Å²) in [5, 5.41) is 0.348. The maximum atomic E-state index is 5.20. The number of rotatable bonds is 18. The second kappa shape index (κ2) is 30.6. The van der Waals surface area contributed by atoms with E-state index in [1.54, 1.807) is 0 Å². The summed E-state index contributed by atoms with van der Waals surface area (Å²) in [5.41, 5.74) is 10.4. The van der Waals surface area contributed by atoms with E-state index in [0.29, 0.717) is 13.2 Å². The summed E-state index contributed by atoms with van der Waals surface area (Å²) in [6.45, 7) is 5.86. The van der Waals surface area contributed by atoms with E-state index in [9.17, 15) is 0 Å². The van der Waals surface area contributed by atoms with Gasteiger partial charge in [0, 0.05) is 0 Å². The molecule has 0 unspecified atom stereocenters. The van der Waals surface area contributed by atoms with Gasteiger partial charge in [-0.3, -0.25) is 0 Å². The minimum absolute atomic E-state index is 0. The molecular formula is C22H47N2NaO2S2. The van der Waals surface area contributed by atoms with Crippen molar-refractivity contribution in [2.75, 3.05) is 13.2 Å². The molecule has 0 aliphatic carbocycles. The summed E-state index contributed by atoms with van der Waals surface area (Å²) in [6.07, 6.45) is 20.9. The largest absolute Gasteiger partial charge is 1.00 e. The van der Waals surface area contributed by atoms with E-state index in [-0.39, 0.29) is 41.3 Å². The van der Waals surface area contributed by atoms with Crippen LogP contribution >= 0.6 is 24.4 Å². The van der Waals surface area contributed by atoms with Crippen molar-refractivity contribution < 1.29 is 40.5 Å². The van der Waals surface area contributed by atoms with Crippen LogP contribution in [0.25, 0.3) is 0 Å². The fourth-order valence-electron chi connectivity index (χ4n) is 2.82. The summed E-state index contributed by atoms with van der Waals surface area (Å²) in [4.78, 5) is 0. The molecule has 0 rings (SSSR count). The zero-order valence-electron chi connectivity index (χ0n) is 20.5. The molecule has 0 bridgehead atoms. The number of hydrogen-bond donors (Lipinski definition) is 2. The molecule has 0 amide bonds. The summed E-state index contributed by atoms with van der Waals surface area (Å²) in [6, 6.07) is 0. The van der Waals surface area contributed by atoms with Gasteiger partial charge in [0.1, 0.15) is 0 Å². The molecule has 0 saturated heterocycles. The standard InChI is InChI=1S/2C11H23NOS.Na.H/c2*1-2-3-4-5-6-7-8-9-10-13-11(12)14;;/h2*2-10H2,1H3,(H2,12,14);;/q;;+1;-1. The van der Waals surface area contributed by atoms with Crippen molar-refractivity contribution in [1.29, 1.82) is 0 Å². The molecular weight excluding hydrogens is 411 g/mol. The second-order valence-electron chi connectivity index (χ2n) is 7.28. The molecule has 0 saturated carbocycles. The first kappa shape index (κ1) is 34.0. The van der Waals surface area contributed by atoms with Crippen molar-refractivity contribution in [3.05, 3.63) is 0 Å². The zero-order valence-corrected chi connectivity index (χ0v) is 23.1. The van der Waals surface area contributed by atoms with Crippen molar-refractivity contribution >= 4 is 34.8 Å². The fourth-order valence-corrected chi connectivity index (χ4v) is 2.98. The van der Waals surface area contributed by atoms with Crippen LogP contribution in [-0.4, -0.2) is 23.6 Å². The first-order valence-corrected chi connectivity index (χ1v) is 12.2. The molecule has 0 aromatic rings. The van der Waals surface area contributed by atoms with Gasteiger partial charge in [-0.1, -0.05) is 104 Å². The van der Waals surface area contributed by atoms with Gasteiger partial charge in [-0.2, -0.15) is 0 Å². The molecule has 0 heterocycles. The van der Waals surface area contributed by atoms with Crippen LogP contribution in [0.2, 0.25) is 0 Å². The molecule has 0 aliphatic heterocycles. The van der Waals surface area contributed by atoms with Crippen LogP contribution in [0.1, 0.15) is 118 Å². The predicted octanol–water partition coefficient (Wildman–Crippen LogP) is 3.89. The maximum absolute atomic E-state index is 5.20. The minimum atomic E-state index is 0. The van der Waals surface area contributed by atoms with Crippen LogP contribution < -0.4 is 41.0 Å². The van der Waals surface area contributed by atoms with Gasteiger partial charge < -0.3 is 22.4 Å². The molecule has 0 atom stereocenters. The topological polar surface area (TPSA) is 70.5 Å². The van der Waals surface area contributed by atoms with Gasteiger partial charge in [-0.25, -0.2) is 0 Å². The minimum Gasteiger partial charge on any atom is -1.00 e. The Hall–Kier alpha value is 0.380. The van der Waals surface area contributed by atoms with Gasteiger partial charge in [-0.15, -0.1) is 0 Å². The van der Waals surface area contributed by atoms with Crippen LogP contribution in [0.3, 0.4) is 0 Å². The first-order valence-electron chi connectivity index (χ1n) is 11.4. The predicted molar refractivity (Wildman–Crippen MR) is 132 cm³/mol. The van der Waals surface area contributed by atoms with E-state index in [0.717, 1.165) is 12.8 Å². The van der Waals surface area contributed by atoms with E-state index < -0.39 is 0 Å². The van der Waals surface area contributed by atoms with Gasteiger partial charge in [0.05, 0.1) is 13.2 Å². The fraction of sp³-hybridized carbons (Fsp3) is 0.909. The summed E-state index contributed by atoms with van der Waals surface area (Å²) >= 11 is 9.20. The van der Waals surface area contributed by atoms with E-state index in [2.05, 4.69) is 38.3 Å². The third-order valence-corrected chi connectivity index (χ3v) is 4.72. The molecule has 0 aliphatic rings. The van der Waals surface area contributed by atoms with Crippen molar-refractivity contribution in [2.45, 2.75) is 117 Å². The Kier molecular flexibility index (Phi) is 35.8. The summed E-state index contributed by atoms with van der Waals surface area (Å²) in [7, 11) is 0. The van der Waals surface area contributed by atoms with Crippen LogP contribution in [-0.2, 0) is 9.47 Å². The molecule has 0 fully saturated rings. The number of hydrogen-bond acceptors (Lipinski definition) is 4. The monoisotopic (exact) mass is 458 g/mol. The quantitative estimate of drug-likeness (QED) is 0.184. The van der Waals surface area contributed by atoms with Crippen molar-refractivity contribution in [2.24, 2.45) is 11.5 Å². The van der Waals surface area contributed by atoms with Crippen molar-refractivity contribution in [3.8, 4) is 0 Å². The van der Waals surface area contributed by atoms with Crippen LogP contribution in [0, 0.1) is 0 Å². The smallest absolute Gasteiger partial charge is 1.00 e. The zero-order chi connectivity index (χ0) is 21.3. The average molecular weight is 459 g/mol. The van der Waals surface area contributed by atoms with E-state index in [1.807, 2.05) is 0 Å². The normalized spacial score (nSPS) is 9.72. The first-order chi connectivity index (χ1) is 13.5. The average Bonchev–Trinajstić information content (AvgIpc) is 2.65. The molecule has 0 radical (unpaired) electrons. The van der Waals surface area contributed by atoms with Gasteiger partial charge in [0.2, 0.25) is 0 Å². The Bertz CT molecular complexity index is 323. The Labute approximate surface area is 215 Å². The molecule has 4 nitrogen and oxygen atoms in total. The van der Waals surface area contributed by atoms with Gasteiger partial charge in [0.25, 0.3) is 10.3 Å². The number of ether oxygens (including phenoxy) is 2. The Morgan fingerprint density at radius 3 is 1.03 bits per heavy atom. The molecule has 0 spiro atoms. The Balaban J connectivity index is -0.000000211. The van der Waals surface area contributed by atoms with Gasteiger partial charge in [-0.05, 0) is 37.3 Å². The van der Waals surface area contributed by atoms with Gasteiger partial charge >= 0.3 is 29.6 Å². The van der Waals surface area contributed by atoms with Crippen LogP contribution in [0.15, 0.2) is 0 Å². The Morgan fingerprint density at radius 1 is 0.552 bits per heavy atom. The maximum Gasteiger partial charge on any atom is 1.00 e. The third kappa shape index (κ3) is 39.4. The van der Waals surface area contributed by atoms with Gasteiger partial charge in [0.15, 0.2) is 0 Å². The van der Waals surface area contributed by atoms with Crippen molar-refractivity contribution in [1.82, 2.24) is 0 Å². The molecule has 170 valence electrons. The number of thiocarbonyl (C=S) groups is 2. The van der Waals surface area contributed by atoms with Crippen LogP contribution in [0.4, 0.5) is 0 Å². The number of unbranched alkanes of at least 4 members (excludes halogenated alkanes) is 14. The van der Waals surface area contributed by atoms with E-state index >= 15 is 0 Å². The van der Waals surface area contributed by atoms with E-state index in [4.69, 9.17) is 20.9 Å². The molecule has 0 aromatic heterocycles.